The third-order valence-corrected chi connectivity index (χ3v) is 4.37. The monoisotopic (exact) mass is 419 g/mol. The molecule has 1 aliphatic rings. The van der Waals surface area contributed by atoms with Crippen LogP contribution in [0.5, 0.6) is 5.75 Å². The van der Waals surface area contributed by atoms with E-state index < -0.39 is 12.1 Å². The second-order valence-corrected chi connectivity index (χ2v) is 6.61. The first kappa shape index (κ1) is 21.9. The molecule has 28 heavy (non-hydrogen) atoms. The van der Waals surface area contributed by atoms with E-state index in [1.165, 1.54) is 5.56 Å². The summed E-state index contributed by atoms with van der Waals surface area (Å²) in [7, 11) is 1.68. The lowest BCUT2D eigenvalue weighted by Gasteiger charge is -2.10. The van der Waals surface area contributed by atoms with Gasteiger partial charge in [-0.3, -0.25) is 0 Å². The number of hydrogen-bond donors (Lipinski definition) is 3. The van der Waals surface area contributed by atoms with Gasteiger partial charge in [0.05, 0.1) is 18.8 Å². The van der Waals surface area contributed by atoms with Crippen molar-refractivity contribution in [3.63, 3.8) is 0 Å². The third kappa shape index (κ3) is 6.98. The molecule has 0 radical (unpaired) electrons. The van der Waals surface area contributed by atoms with Crippen LogP contribution in [0, 0.1) is 0 Å². The minimum Gasteiger partial charge on any atom is -0.492 e. The van der Waals surface area contributed by atoms with Gasteiger partial charge in [0.1, 0.15) is 17.4 Å². The number of fused-ring (bicyclic) bond motifs is 1. The first-order chi connectivity index (χ1) is 13.3. The number of rotatable bonds is 5. The zero-order valence-corrected chi connectivity index (χ0v) is 15.8. The molecule has 1 aliphatic heterocycles. The molecule has 0 bridgehead atoms. The highest BCUT2D eigenvalue weighted by atomic mass is 32.1. The number of carboxylic acid groups (broad SMARTS) is 1. The molecule has 1 aromatic carbocycles. The van der Waals surface area contributed by atoms with Gasteiger partial charge < -0.3 is 25.2 Å². The fourth-order valence-electron chi connectivity index (χ4n) is 2.21. The number of hydrogen-bond acceptors (Lipinski definition) is 7. The summed E-state index contributed by atoms with van der Waals surface area (Å²) in [6.07, 6.45) is -5.08. The quantitative estimate of drug-likeness (QED) is 0.686. The van der Waals surface area contributed by atoms with Gasteiger partial charge in [-0.25, -0.2) is 9.78 Å². The molecule has 0 saturated carbocycles. The Morgan fingerprint density at radius 2 is 2.21 bits per heavy atom. The molecule has 154 valence electrons. The molecule has 0 fully saturated rings. The first-order valence-corrected chi connectivity index (χ1v) is 9.10. The zero-order valence-electron chi connectivity index (χ0n) is 15.0. The van der Waals surface area contributed by atoms with Crippen LogP contribution in [0.4, 0.5) is 18.9 Å². The van der Waals surface area contributed by atoms with Gasteiger partial charge >= 0.3 is 12.1 Å². The molecule has 2 heterocycles. The summed E-state index contributed by atoms with van der Waals surface area (Å²) in [4.78, 5) is 13.4. The van der Waals surface area contributed by atoms with Crippen molar-refractivity contribution in [2.45, 2.75) is 25.9 Å². The summed E-state index contributed by atoms with van der Waals surface area (Å²) in [6, 6.07) is 6.25. The van der Waals surface area contributed by atoms with E-state index in [1.54, 1.807) is 18.4 Å². The lowest BCUT2D eigenvalue weighted by Crippen LogP contribution is -2.21. The van der Waals surface area contributed by atoms with Crippen LogP contribution in [0.25, 0.3) is 0 Å². The maximum Gasteiger partial charge on any atom is 0.490 e. The molecule has 3 N–H and O–H groups in total. The fourth-order valence-corrected chi connectivity index (χ4v) is 2.98. The number of aromatic nitrogens is 1. The Labute approximate surface area is 163 Å². The maximum atomic E-state index is 10.6. The minimum absolute atomic E-state index is 0.574. The number of nitrogens with one attached hydrogen (secondary N) is 2. The summed E-state index contributed by atoms with van der Waals surface area (Å²) < 4.78 is 42.6. The van der Waals surface area contributed by atoms with E-state index in [1.807, 2.05) is 0 Å². The number of ether oxygens (including phenoxy) is 2. The lowest BCUT2D eigenvalue weighted by molar-refractivity contribution is -0.192. The van der Waals surface area contributed by atoms with E-state index >= 15 is 0 Å². The van der Waals surface area contributed by atoms with Gasteiger partial charge in [0.2, 0.25) is 0 Å². The average Bonchev–Trinajstić information content (AvgIpc) is 2.95. The predicted molar refractivity (Wildman–Crippen MR) is 97.5 cm³/mol. The molecule has 0 saturated heterocycles. The normalized spacial score (nSPS) is 13.4. The van der Waals surface area contributed by atoms with Crippen LogP contribution in [-0.2, 0) is 29.2 Å². The Hall–Kier alpha value is -2.37. The van der Waals surface area contributed by atoms with E-state index in [9.17, 15) is 13.2 Å². The van der Waals surface area contributed by atoms with Crippen LogP contribution in [0.2, 0.25) is 0 Å². The summed E-state index contributed by atoms with van der Waals surface area (Å²) in [6.45, 7) is 3.74. The van der Waals surface area contributed by atoms with Crippen LogP contribution in [0.3, 0.4) is 0 Å². The lowest BCUT2D eigenvalue weighted by atomic mass is 10.2. The number of nitrogens with zero attached hydrogens (tertiary/aromatic N) is 1. The number of aliphatic carboxylic acids is 1. The number of alkyl halides is 3. The topological polar surface area (TPSA) is 92.7 Å². The molecular weight excluding hydrogens is 399 g/mol. The molecule has 1 aromatic heterocycles. The van der Waals surface area contributed by atoms with E-state index in [4.69, 9.17) is 19.4 Å². The number of halogens is 3. The van der Waals surface area contributed by atoms with Crippen LogP contribution >= 0.6 is 11.3 Å². The highest BCUT2D eigenvalue weighted by Crippen LogP contribution is 2.25. The van der Waals surface area contributed by atoms with Gasteiger partial charge in [-0.15, -0.1) is 11.3 Å². The highest BCUT2D eigenvalue weighted by molar-refractivity contribution is 7.09. The Balaban J connectivity index is 0.000000345. The zero-order chi connectivity index (χ0) is 20.6. The minimum atomic E-state index is -5.08. The molecule has 0 aliphatic carbocycles. The Bertz CT molecular complexity index is 783. The largest absolute Gasteiger partial charge is 0.492 e. The molecular formula is C17H20F3N3O4S. The van der Waals surface area contributed by atoms with E-state index in [2.05, 4.69) is 39.2 Å². The third-order valence-electron chi connectivity index (χ3n) is 3.50. The van der Waals surface area contributed by atoms with Crippen molar-refractivity contribution < 1.29 is 32.5 Å². The Kier molecular flexibility index (Phi) is 8.03. The second kappa shape index (κ2) is 10.2. The molecule has 0 unspecified atom stereocenters. The summed E-state index contributed by atoms with van der Waals surface area (Å²) in [5.74, 6) is -1.80. The summed E-state index contributed by atoms with van der Waals surface area (Å²) >= 11 is 1.63. The number of benzene rings is 1. The number of carboxylic acids is 1. The second-order valence-electron chi connectivity index (χ2n) is 5.67. The molecule has 7 nitrogen and oxygen atoms in total. The molecule has 0 spiro atoms. The highest BCUT2D eigenvalue weighted by Gasteiger charge is 2.38. The average molecular weight is 419 g/mol. The number of carbonyl (C=O) groups is 1. The summed E-state index contributed by atoms with van der Waals surface area (Å²) in [5.41, 5.74) is 3.29. The molecule has 0 amide bonds. The van der Waals surface area contributed by atoms with Crippen molar-refractivity contribution in [3.05, 3.63) is 39.8 Å². The molecule has 0 atom stereocenters. The van der Waals surface area contributed by atoms with Crippen molar-refractivity contribution >= 4 is 23.0 Å². The number of methoxy groups -OCH3 is 1. The SMILES string of the molecule is COCc1nc(CNc2ccc3c(c2)OCCNC3)cs1.O=C(O)C(F)(F)F. The van der Waals surface area contributed by atoms with E-state index in [0.29, 0.717) is 19.8 Å². The van der Waals surface area contributed by atoms with Crippen LogP contribution in [-0.4, -0.2) is 42.5 Å². The van der Waals surface area contributed by atoms with Crippen molar-refractivity contribution in [3.8, 4) is 5.75 Å². The first-order valence-electron chi connectivity index (χ1n) is 8.22. The van der Waals surface area contributed by atoms with Crippen molar-refractivity contribution in [2.24, 2.45) is 0 Å². The Morgan fingerprint density at radius 1 is 1.46 bits per heavy atom. The van der Waals surface area contributed by atoms with Gasteiger partial charge in [-0.05, 0) is 6.07 Å². The van der Waals surface area contributed by atoms with Crippen molar-refractivity contribution in [1.82, 2.24) is 10.3 Å². The van der Waals surface area contributed by atoms with Gasteiger partial charge in [0.15, 0.2) is 0 Å². The maximum absolute atomic E-state index is 10.6. The van der Waals surface area contributed by atoms with Gasteiger partial charge in [-0.2, -0.15) is 13.2 Å². The van der Waals surface area contributed by atoms with Gasteiger partial charge in [0, 0.05) is 42.9 Å². The van der Waals surface area contributed by atoms with E-state index in [0.717, 1.165) is 35.2 Å². The van der Waals surface area contributed by atoms with Crippen LogP contribution in [0.1, 0.15) is 16.3 Å². The number of anilines is 1. The van der Waals surface area contributed by atoms with Crippen molar-refractivity contribution in [2.75, 3.05) is 25.6 Å². The Morgan fingerprint density at radius 3 is 2.89 bits per heavy atom. The predicted octanol–water partition coefficient (Wildman–Crippen LogP) is 3.02. The standard InChI is InChI=1S/C15H19N3O2S.C2HF3O2/c1-19-9-15-18-13(10-21-15)8-17-12-3-2-11-7-16-4-5-20-14(11)6-12;3-2(4,5)1(6)7/h2-3,6,10,16-17H,4-5,7-9H2,1H3;(H,6,7). The molecule has 11 heteroatoms. The smallest absolute Gasteiger partial charge is 0.490 e. The van der Waals surface area contributed by atoms with Crippen LogP contribution < -0.4 is 15.4 Å². The number of thiazole rings is 1. The van der Waals surface area contributed by atoms with Gasteiger partial charge in [-0.1, -0.05) is 6.07 Å². The van der Waals surface area contributed by atoms with Crippen LogP contribution in [0.15, 0.2) is 23.6 Å². The van der Waals surface area contributed by atoms with Gasteiger partial charge in [0.25, 0.3) is 0 Å². The molecule has 2 aromatic rings. The summed E-state index contributed by atoms with van der Waals surface area (Å²) in [5, 5.41) is 16.9. The van der Waals surface area contributed by atoms with Crippen molar-refractivity contribution in [1.29, 1.82) is 0 Å². The fraction of sp³-hybridized carbons (Fsp3) is 0.412. The van der Waals surface area contributed by atoms with E-state index in [-0.39, 0.29) is 0 Å². The molecule has 3 rings (SSSR count).